The third-order valence-corrected chi connectivity index (χ3v) is 2.14. The first-order valence-electron chi connectivity index (χ1n) is 4.14. The number of aromatic amines is 1. The largest absolute Gasteiger partial charge is 0.346 e. The molecule has 2 heterocycles. The molecule has 2 aliphatic heterocycles. The van der Waals surface area contributed by atoms with Crippen LogP contribution in [-0.4, -0.2) is 9.97 Å². The van der Waals surface area contributed by atoms with Crippen LogP contribution in [0.4, 0.5) is 0 Å². The van der Waals surface area contributed by atoms with Crippen molar-refractivity contribution in [3.8, 4) is 11.4 Å². The number of aryl methyl sites for hydroxylation is 2. The van der Waals surface area contributed by atoms with Crippen LogP contribution >= 0.6 is 0 Å². The maximum absolute atomic E-state index is 11.2. The van der Waals surface area contributed by atoms with Gasteiger partial charge in [-0.1, -0.05) is 0 Å². The van der Waals surface area contributed by atoms with Gasteiger partial charge in [0.05, 0.1) is 0 Å². The molecule has 0 saturated carbocycles. The van der Waals surface area contributed by atoms with Gasteiger partial charge in [0, 0.05) is 17.3 Å². The number of H-pyrrole nitrogens is 1. The number of nitrogens with zero attached hydrogens (tertiary/aromatic N) is 1. The third-order valence-electron chi connectivity index (χ3n) is 2.14. The minimum absolute atomic E-state index is 0.158. The molecule has 0 atom stereocenters. The van der Waals surface area contributed by atoms with Gasteiger partial charge in [0.25, 0.3) is 5.56 Å². The number of rotatable bonds is 0. The fourth-order valence-electron chi connectivity index (χ4n) is 1.34. The van der Waals surface area contributed by atoms with Gasteiger partial charge in [0.1, 0.15) is 5.82 Å². The van der Waals surface area contributed by atoms with Crippen LogP contribution in [0.3, 0.4) is 0 Å². The topological polar surface area (TPSA) is 45.8 Å². The van der Waals surface area contributed by atoms with Crippen LogP contribution in [0.1, 0.15) is 11.1 Å². The number of nitrogens with one attached hydrogen (secondary N) is 1. The summed E-state index contributed by atoms with van der Waals surface area (Å²) < 4.78 is 0. The van der Waals surface area contributed by atoms with E-state index in [1.54, 1.807) is 13.1 Å². The average Bonchev–Trinajstić information content (AvgIpc) is 2.09. The minimum atomic E-state index is -0.158. The zero-order valence-electron chi connectivity index (χ0n) is 7.59. The molecule has 2 aliphatic rings. The lowest BCUT2D eigenvalue weighted by Gasteiger charge is -2.06. The molecule has 0 aromatic heterocycles. The molecule has 3 heteroatoms. The predicted molar refractivity (Wildman–Crippen MR) is 51.0 cm³/mol. The Bertz CT molecular complexity index is 473. The van der Waals surface area contributed by atoms with Crippen LogP contribution in [0, 0.1) is 13.8 Å². The van der Waals surface area contributed by atoms with E-state index in [-0.39, 0.29) is 5.56 Å². The van der Waals surface area contributed by atoms with Crippen molar-refractivity contribution in [2.75, 3.05) is 0 Å². The summed E-state index contributed by atoms with van der Waals surface area (Å²) in [5.41, 5.74) is 2.67. The van der Waals surface area contributed by atoms with E-state index in [0.717, 1.165) is 11.1 Å². The molecule has 1 N–H and O–H groups in total. The standard InChI is InChI=1S/C10H10N2O/c1-6-3-4-11-9-8(6)5-7(2)10(13)12-9/h3-5H,1-2H3,(H,11,12,13). The van der Waals surface area contributed by atoms with E-state index in [4.69, 9.17) is 0 Å². The number of fused-ring (bicyclic) bond motifs is 1. The lowest BCUT2D eigenvalue weighted by molar-refractivity contribution is 1.10. The van der Waals surface area contributed by atoms with Gasteiger partial charge < -0.3 is 4.98 Å². The molecule has 0 bridgehead atoms. The molecule has 66 valence electrons. The van der Waals surface area contributed by atoms with E-state index in [1.165, 1.54) is 0 Å². The summed E-state index contributed by atoms with van der Waals surface area (Å²) in [5.74, 6) is 0.663. The Morgan fingerprint density at radius 1 is 1.31 bits per heavy atom. The Morgan fingerprint density at radius 3 is 2.85 bits per heavy atom. The SMILES string of the molecule is Cc1cc[nH]c2nc(=O)c(C)cc1-2. The van der Waals surface area contributed by atoms with Crippen LogP contribution in [-0.2, 0) is 0 Å². The summed E-state index contributed by atoms with van der Waals surface area (Å²) >= 11 is 0. The molecule has 0 saturated heterocycles. The van der Waals surface area contributed by atoms with Crippen LogP contribution < -0.4 is 5.56 Å². The first kappa shape index (κ1) is 7.98. The van der Waals surface area contributed by atoms with Gasteiger partial charge in [0.2, 0.25) is 0 Å². The molecule has 0 unspecified atom stereocenters. The summed E-state index contributed by atoms with van der Waals surface area (Å²) in [6.07, 6.45) is 1.79. The molecule has 2 rings (SSSR count). The van der Waals surface area contributed by atoms with Crippen molar-refractivity contribution in [1.82, 2.24) is 9.97 Å². The molecule has 0 aliphatic carbocycles. The van der Waals surface area contributed by atoms with Gasteiger partial charge in [-0.2, -0.15) is 4.98 Å². The van der Waals surface area contributed by atoms with Crippen molar-refractivity contribution < 1.29 is 0 Å². The highest BCUT2D eigenvalue weighted by atomic mass is 16.1. The van der Waals surface area contributed by atoms with E-state index in [0.29, 0.717) is 11.4 Å². The van der Waals surface area contributed by atoms with Crippen LogP contribution in [0.5, 0.6) is 0 Å². The Labute approximate surface area is 75.8 Å². The van der Waals surface area contributed by atoms with Crippen molar-refractivity contribution in [1.29, 1.82) is 0 Å². The van der Waals surface area contributed by atoms with Gasteiger partial charge in [-0.05, 0) is 31.5 Å². The normalized spacial score (nSPS) is 10.6. The monoisotopic (exact) mass is 174 g/mol. The maximum Gasteiger partial charge on any atom is 0.274 e. The fraction of sp³-hybridized carbons (Fsp3) is 0.200. The smallest absolute Gasteiger partial charge is 0.274 e. The Hall–Kier alpha value is -1.64. The van der Waals surface area contributed by atoms with Crippen molar-refractivity contribution in [2.24, 2.45) is 0 Å². The number of hydrogen-bond acceptors (Lipinski definition) is 2. The molecule has 0 aromatic rings. The second-order valence-electron chi connectivity index (χ2n) is 3.17. The summed E-state index contributed by atoms with van der Waals surface area (Å²) in [5, 5.41) is 0. The molecule has 0 radical (unpaired) electrons. The highest BCUT2D eigenvalue weighted by molar-refractivity contribution is 5.61. The van der Waals surface area contributed by atoms with Crippen LogP contribution in [0.2, 0.25) is 0 Å². The first-order valence-corrected chi connectivity index (χ1v) is 4.14. The molecule has 0 amide bonds. The third kappa shape index (κ3) is 1.22. The van der Waals surface area contributed by atoms with E-state index < -0.39 is 0 Å². The Kier molecular flexibility index (Phi) is 1.65. The second kappa shape index (κ2) is 2.69. The average molecular weight is 174 g/mol. The molecule has 3 nitrogen and oxygen atoms in total. The summed E-state index contributed by atoms with van der Waals surface area (Å²) in [6, 6.07) is 3.84. The number of pyridine rings is 2. The van der Waals surface area contributed by atoms with Crippen molar-refractivity contribution in [3.63, 3.8) is 0 Å². The summed E-state index contributed by atoms with van der Waals surface area (Å²) in [6.45, 7) is 3.78. The molecule has 0 spiro atoms. The minimum Gasteiger partial charge on any atom is -0.346 e. The van der Waals surface area contributed by atoms with Gasteiger partial charge in [0.15, 0.2) is 0 Å². The number of aromatic nitrogens is 2. The van der Waals surface area contributed by atoms with Gasteiger partial charge in [-0.15, -0.1) is 0 Å². The van der Waals surface area contributed by atoms with E-state index >= 15 is 0 Å². The lowest BCUT2D eigenvalue weighted by Crippen LogP contribution is -2.12. The number of hydrogen-bond donors (Lipinski definition) is 1. The molecule has 13 heavy (non-hydrogen) atoms. The highest BCUT2D eigenvalue weighted by Crippen LogP contribution is 2.19. The van der Waals surface area contributed by atoms with Gasteiger partial charge in [-0.3, -0.25) is 4.79 Å². The van der Waals surface area contributed by atoms with E-state index in [2.05, 4.69) is 9.97 Å². The predicted octanol–water partition coefficient (Wildman–Crippen LogP) is 1.49. The summed E-state index contributed by atoms with van der Waals surface area (Å²) in [7, 11) is 0. The highest BCUT2D eigenvalue weighted by Gasteiger charge is 2.07. The van der Waals surface area contributed by atoms with Gasteiger partial charge >= 0.3 is 0 Å². The van der Waals surface area contributed by atoms with Gasteiger partial charge in [-0.25, -0.2) is 0 Å². The van der Waals surface area contributed by atoms with Crippen molar-refractivity contribution in [2.45, 2.75) is 13.8 Å². The Morgan fingerprint density at radius 2 is 2.08 bits per heavy atom. The van der Waals surface area contributed by atoms with Crippen molar-refractivity contribution in [3.05, 3.63) is 39.8 Å². The summed E-state index contributed by atoms with van der Waals surface area (Å²) in [4.78, 5) is 18.1. The fourth-order valence-corrected chi connectivity index (χ4v) is 1.34. The molecule has 0 fully saturated rings. The van der Waals surface area contributed by atoms with Crippen LogP contribution in [0.15, 0.2) is 23.1 Å². The maximum atomic E-state index is 11.2. The van der Waals surface area contributed by atoms with E-state index in [1.807, 2.05) is 19.1 Å². The first-order chi connectivity index (χ1) is 6.18. The van der Waals surface area contributed by atoms with Crippen LogP contribution in [0.25, 0.3) is 11.4 Å². The quantitative estimate of drug-likeness (QED) is 0.657. The molecular formula is C10H10N2O. The lowest BCUT2D eigenvalue weighted by atomic mass is 10.1. The molecular weight excluding hydrogens is 164 g/mol. The molecule has 0 aromatic carbocycles. The zero-order chi connectivity index (χ0) is 9.42. The van der Waals surface area contributed by atoms with E-state index in [9.17, 15) is 4.79 Å². The second-order valence-corrected chi connectivity index (χ2v) is 3.17. The zero-order valence-corrected chi connectivity index (χ0v) is 7.59. The Balaban J connectivity index is 2.89. The van der Waals surface area contributed by atoms with Crippen molar-refractivity contribution >= 4 is 0 Å².